The largest absolute Gasteiger partial charge is 0.492 e. The van der Waals surface area contributed by atoms with Crippen LogP contribution < -0.4 is 20.8 Å². The van der Waals surface area contributed by atoms with Gasteiger partial charge in [0.05, 0.1) is 18.0 Å². The van der Waals surface area contributed by atoms with Crippen LogP contribution in [0.1, 0.15) is 42.1 Å². The van der Waals surface area contributed by atoms with Crippen molar-refractivity contribution in [2.24, 2.45) is 5.73 Å². The summed E-state index contributed by atoms with van der Waals surface area (Å²) < 4.78 is 22.7. The molecule has 0 spiro atoms. The highest BCUT2D eigenvalue weighted by Crippen LogP contribution is 2.44. The van der Waals surface area contributed by atoms with Gasteiger partial charge < -0.3 is 25.0 Å². The first-order valence-electron chi connectivity index (χ1n) is 9.87. The Kier molecular flexibility index (Phi) is 5.46. The van der Waals surface area contributed by atoms with E-state index in [2.05, 4.69) is 0 Å². The molecule has 1 aromatic carbocycles. The normalized spacial score (nSPS) is 18.6. The van der Waals surface area contributed by atoms with Crippen molar-refractivity contribution in [3.05, 3.63) is 44.5 Å². The quantitative estimate of drug-likeness (QED) is 0.748. The van der Waals surface area contributed by atoms with Crippen molar-refractivity contribution in [3.8, 4) is 5.75 Å². The fourth-order valence-electron chi connectivity index (χ4n) is 4.15. The van der Waals surface area contributed by atoms with Crippen molar-refractivity contribution in [3.63, 3.8) is 0 Å². The van der Waals surface area contributed by atoms with Crippen molar-refractivity contribution >= 4 is 34.2 Å². The number of carboxylic acid groups (broad SMARTS) is 1. The van der Waals surface area contributed by atoms with Crippen LogP contribution in [0, 0.1) is 5.82 Å². The van der Waals surface area contributed by atoms with Gasteiger partial charge in [-0.25, -0.2) is 9.18 Å². The number of hydrogen-bond acceptors (Lipinski definition) is 5. The molecule has 0 radical (unpaired) electrons. The van der Waals surface area contributed by atoms with Gasteiger partial charge in [-0.3, -0.25) is 4.79 Å². The van der Waals surface area contributed by atoms with Gasteiger partial charge in [-0.15, -0.1) is 0 Å². The maximum Gasteiger partial charge on any atom is 0.341 e. The average molecular weight is 436 g/mol. The minimum Gasteiger partial charge on any atom is -0.492 e. The highest BCUT2D eigenvalue weighted by atomic mass is 35.5. The van der Waals surface area contributed by atoms with Gasteiger partial charge in [0.1, 0.15) is 11.3 Å². The van der Waals surface area contributed by atoms with Gasteiger partial charge in [0.2, 0.25) is 5.43 Å². The topological polar surface area (TPSA) is 97.8 Å². The molecule has 7 nitrogen and oxygen atoms in total. The van der Waals surface area contributed by atoms with E-state index in [1.165, 1.54) is 13.3 Å². The summed E-state index contributed by atoms with van der Waals surface area (Å²) in [6.45, 7) is 1.23. The van der Waals surface area contributed by atoms with Crippen molar-refractivity contribution in [2.45, 2.75) is 31.7 Å². The number of pyridine rings is 1. The van der Waals surface area contributed by atoms with Crippen LogP contribution in [0.15, 0.2) is 27.7 Å². The number of fused-ring (bicyclic) bond motifs is 1. The minimum atomic E-state index is -1.33. The molecule has 2 heterocycles. The fourth-order valence-corrected chi connectivity index (χ4v) is 4.31. The van der Waals surface area contributed by atoms with Crippen molar-refractivity contribution in [1.29, 1.82) is 0 Å². The van der Waals surface area contributed by atoms with E-state index in [9.17, 15) is 14.7 Å². The van der Waals surface area contributed by atoms with E-state index < -0.39 is 17.2 Å². The summed E-state index contributed by atoms with van der Waals surface area (Å²) in [5.41, 5.74) is 6.20. The number of hydrogen-bond donors (Lipinski definition) is 2. The van der Waals surface area contributed by atoms with Crippen LogP contribution in [0.3, 0.4) is 0 Å². The Hall–Kier alpha value is -2.58. The maximum absolute atomic E-state index is 15.3. The first-order valence-corrected chi connectivity index (χ1v) is 10.2. The summed E-state index contributed by atoms with van der Waals surface area (Å²) >= 11 is 6.25. The number of rotatable bonds is 5. The third-order valence-corrected chi connectivity index (χ3v) is 6.16. The number of ether oxygens (including phenoxy) is 1. The van der Waals surface area contributed by atoms with Gasteiger partial charge in [-0.2, -0.15) is 0 Å². The molecule has 2 fully saturated rings. The predicted molar refractivity (Wildman–Crippen MR) is 113 cm³/mol. The molecular weight excluding hydrogens is 413 g/mol. The second-order valence-electron chi connectivity index (χ2n) is 7.69. The van der Waals surface area contributed by atoms with Crippen LogP contribution in [0.25, 0.3) is 10.9 Å². The third kappa shape index (κ3) is 3.44. The summed E-state index contributed by atoms with van der Waals surface area (Å²) in [6, 6.07) is 1.19. The van der Waals surface area contributed by atoms with E-state index in [0.717, 1.165) is 37.3 Å². The number of aromatic nitrogens is 1. The van der Waals surface area contributed by atoms with Crippen LogP contribution in [0.4, 0.5) is 10.1 Å². The van der Waals surface area contributed by atoms with Gasteiger partial charge in [-0.05, 0) is 37.3 Å². The number of methoxy groups -OCH3 is 1. The van der Waals surface area contributed by atoms with E-state index in [-0.39, 0.29) is 35.0 Å². The Morgan fingerprint density at radius 3 is 2.77 bits per heavy atom. The van der Waals surface area contributed by atoms with Crippen LogP contribution in [-0.2, 0) is 0 Å². The van der Waals surface area contributed by atoms with Crippen LogP contribution in [0.2, 0.25) is 0 Å². The zero-order valence-electron chi connectivity index (χ0n) is 16.6. The predicted octanol–water partition coefficient (Wildman–Crippen LogP) is 3.23. The Bertz CT molecular complexity index is 1120. The number of anilines is 1. The first kappa shape index (κ1) is 20.7. The van der Waals surface area contributed by atoms with Crippen LogP contribution in [-0.4, -0.2) is 42.4 Å². The monoisotopic (exact) mass is 435 g/mol. The second-order valence-corrected chi connectivity index (χ2v) is 8.15. The molecule has 1 aromatic heterocycles. The maximum atomic E-state index is 15.3. The Balaban J connectivity index is 1.97. The number of nitrogens with two attached hydrogens (primary N) is 1. The van der Waals surface area contributed by atoms with Gasteiger partial charge >= 0.3 is 5.97 Å². The summed E-state index contributed by atoms with van der Waals surface area (Å²) in [7, 11) is 1.43. The number of piperidine rings is 1. The summed E-state index contributed by atoms with van der Waals surface area (Å²) in [6.07, 6.45) is 4.63. The Morgan fingerprint density at radius 1 is 1.43 bits per heavy atom. The molecule has 1 saturated carbocycles. The molecule has 1 saturated heterocycles. The van der Waals surface area contributed by atoms with E-state index in [1.807, 2.05) is 4.90 Å². The molecule has 3 N–H and O–H groups in total. The lowest BCUT2D eigenvalue weighted by Crippen LogP contribution is -2.33. The molecule has 160 valence electrons. The molecule has 2 aliphatic rings. The zero-order valence-corrected chi connectivity index (χ0v) is 17.3. The Labute approximate surface area is 177 Å². The highest BCUT2D eigenvalue weighted by Gasteiger charge is 2.32. The lowest BCUT2D eigenvalue weighted by Gasteiger charge is -2.33. The van der Waals surface area contributed by atoms with E-state index in [4.69, 9.17) is 22.1 Å². The second kappa shape index (κ2) is 7.92. The van der Waals surface area contributed by atoms with Crippen molar-refractivity contribution < 1.29 is 19.0 Å². The van der Waals surface area contributed by atoms with Crippen molar-refractivity contribution in [1.82, 2.24) is 4.57 Å². The summed E-state index contributed by atoms with van der Waals surface area (Å²) in [5, 5.41) is 10.0. The molecule has 1 aliphatic heterocycles. The first-order chi connectivity index (χ1) is 14.4. The van der Waals surface area contributed by atoms with E-state index in [1.54, 1.807) is 4.57 Å². The molecular formula is C21H23ClFN3O4. The van der Waals surface area contributed by atoms with Gasteiger partial charge in [0, 0.05) is 36.9 Å². The molecule has 0 unspecified atom stereocenters. The van der Waals surface area contributed by atoms with Gasteiger partial charge in [0.15, 0.2) is 11.6 Å². The van der Waals surface area contributed by atoms with Crippen molar-refractivity contribution in [2.75, 3.05) is 31.6 Å². The van der Waals surface area contributed by atoms with Crippen LogP contribution in [0.5, 0.6) is 5.75 Å². The standard InChI is InChI=1S/C21H23ClFN3O4/c1-30-20-17-13(19(27)14(21(28)29)10-26(17)12-4-5-12)7-16(23)18(20)25-6-2-3-11(9-25)15(22)8-24/h7,10,12H,2-6,8-9,24H2,1H3,(H,28,29)/b15-11-. The number of nitrogens with zero attached hydrogens (tertiary/aromatic N) is 2. The fraction of sp³-hybridized carbons (Fsp3) is 0.429. The average Bonchev–Trinajstić information content (AvgIpc) is 3.58. The molecule has 0 bridgehead atoms. The number of aromatic carboxylic acids is 1. The number of benzene rings is 1. The Morgan fingerprint density at radius 2 is 2.17 bits per heavy atom. The molecule has 0 amide bonds. The third-order valence-electron chi connectivity index (χ3n) is 5.74. The lowest BCUT2D eigenvalue weighted by atomic mass is 10.0. The molecule has 1 aliphatic carbocycles. The molecule has 4 rings (SSSR count). The molecule has 2 aromatic rings. The summed E-state index contributed by atoms with van der Waals surface area (Å²) in [4.78, 5) is 26.2. The number of carbonyl (C=O) groups is 1. The molecule has 30 heavy (non-hydrogen) atoms. The smallest absolute Gasteiger partial charge is 0.341 e. The lowest BCUT2D eigenvalue weighted by molar-refractivity contribution is 0.0695. The molecule has 9 heteroatoms. The van der Waals surface area contributed by atoms with Gasteiger partial charge in [-0.1, -0.05) is 11.6 Å². The highest BCUT2D eigenvalue weighted by molar-refractivity contribution is 6.30. The zero-order chi connectivity index (χ0) is 21.6. The number of carboxylic acids is 1. The minimum absolute atomic E-state index is 0.00710. The summed E-state index contributed by atoms with van der Waals surface area (Å²) in [5.74, 6) is -1.73. The van der Waals surface area contributed by atoms with Gasteiger partial charge in [0.25, 0.3) is 0 Å². The van der Waals surface area contributed by atoms with E-state index >= 15 is 4.39 Å². The number of halogens is 2. The van der Waals surface area contributed by atoms with Crippen LogP contribution >= 0.6 is 11.6 Å². The SMILES string of the molecule is COc1c(N2CCC/C(=C(/Cl)CN)C2)c(F)cc2c(=O)c(C(=O)O)cn(C3CC3)c12. The van der Waals surface area contributed by atoms with E-state index in [0.29, 0.717) is 23.6 Å². The molecule has 0 atom stereocenters.